The first-order valence-corrected chi connectivity index (χ1v) is 11.3. The van der Waals surface area contributed by atoms with Crippen molar-refractivity contribution in [3.8, 4) is 5.75 Å². The normalized spacial score (nSPS) is 20.8. The van der Waals surface area contributed by atoms with Crippen molar-refractivity contribution in [3.63, 3.8) is 0 Å². The second-order valence-electron chi connectivity index (χ2n) is 8.70. The van der Waals surface area contributed by atoms with Crippen molar-refractivity contribution < 1.29 is 14.6 Å². The molecule has 1 saturated heterocycles. The molecule has 2 aliphatic heterocycles. The lowest BCUT2D eigenvalue weighted by Crippen LogP contribution is -2.44. The van der Waals surface area contributed by atoms with Crippen molar-refractivity contribution in [1.82, 2.24) is 10.2 Å². The van der Waals surface area contributed by atoms with E-state index in [2.05, 4.69) is 10.2 Å². The van der Waals surface area contributed by atoms with E-state index in [0.717, 1.165) is 55.6 Å². The monoisotopic (exact) mass is 583 g/mol. The summed E-state index contributed by atoms with van der Waals surface area (Å²) in [5, 5.41) is 13.6. The first-order valence-electron chi connectivity index (χ1n) is 11.3. The molecule has 0 aliphatic carbocycles. The summed E-state index contributed by atoms with van der Waals surface area (Å²) >= 11 is 0. The summed E-state index contributed by atoms with van der Waals surface area (Å²) in [4.78, 5) is 14.6. The van der Waals surface area contributed by atoms with Gasteiger partial charge in [-0.15, -0.1) is 34.0 Å². The molecule has 0 saturated carbocycles. The minimum absolute atomic E-state index is 0. The van der Waals surface area contributed by atoms with Gasteiger partial charge in [0.1, 0.15) is 5.75 Å². The first-order chi connectivity index (χ1) is 15.1. The van der Waals surface area contributed by atoms with Crippen molar-refractivity contribution in [2.45, 2.75) is 38.4 Å². The lowest BCUT2D eigenvalue weighted by Gasteiger charge is -2.40. The largest absolute Gasteiger partial charge is 0.507 e. The number of amides is 1. The summed E-state index contributed by atoms with van der Waals surface area (Å²) in [7, 11) is 0. The van der Waals surface area contributed by atoms with Crippen LogP contribution in [0, 0.1) is 12.8 Å². The maximum absolute atomic E-state index is 12.2. The van der Waals surface area contributed by atoms with Gasteiger partial charge in [-0.25, -0.2) is 0 Å². The SMILES string of the molecule is Br.Br.Cc1ccc2c(c1O)C[C@@H](C1CCN(CCNC(=O)c3ccccc3)CC1)O[C@H]2CN. The lowest BCUT2D eigenvalue weighted by molar-refractivity contribution is -0.0645. The van der Waals surface area contributed by atoms with Crippen molar-refractivity contribution >= 4 is 39.9 Å². The molecule has 0 spiro atoms. The number of hydrogen-bond donors (Lipinski definition) is 3. The van der Waals surface area contributed by atoms with Crippen LogP contribution in [0.5, 0.6) is 5.75 Å². The Hall–Kier alpha value is -1.45. The molecule has 2 atom stereocenters. The number of phenolic OH excluding ortho intramolecular Hbond substituents is 1. The van der Waals surface area contributed by atoms with E-state index in [9.17, 15) is 9.90 Å². The zero-order valence-corrected chi connectivity index (χ0v) is 22.5. The molecule has 0 aromatic heterocycles. The van der Waals surface area contributed by atoms with E-state index in [1.54, 1.807) is 0 Å². The van der Waals surface area contributed by atoms with Gasteiger partial charge in [-0.05, 0) is 62.0 Å². The lowest BCUT2D eigenvalue weighted by atomic mass is 9.83. The van der Waals surface area contributed by atoms with Crippen LogP contribution in [0.25, 0.3) is 0 Å². The molecule has 6 nitrogen and oxygen atoms in total. The highest BCUT2D eigenvalue weighted by Gasteiger charge is 2.35. The Morgan fingerprint density at radius 3 is 2.52 bits per heavy atom. The highest BCUT2D eigenvalue weighted by atomic mass is 79.9. The molecule has 4 N–H and O–H groups in total. The van der Waals surface area contributed by atoms with Gasteiger partial charge in [-0.3, -0.25) is 4.79 Å². The smallest absolute Gasteiger partial charge is 0.251 e. The molecule has 8 heteroatoms. The summed E-state index contributed by atoms with van der Waals surface area (Å²) in [6.45, 7) is 5.84. The van der Waals surface area contributed by atoms with Crippen LogP contribution >= 0.6 is 34.0 Å². The number of aromatic hydroxyl groups is 1. The van der Waals surface area contributed by atoms with Gasteiger partial charge in [0.2, 0.25) is 0 Å². The van der Waals surface area contributed by atoms with Gasteiger partial charge in [0.05, 0.1) is 12.2 Å². The van der Waals surface area contributed by atoms with Crippen molar-refractivity contribution in [2.24, 2.45) is 11.7 Å². The third-order valence-corrected chi connectivity index (χ3v) is 6.73. The predicted molar refractivity (Wildman–Crippen MR) is 142 cm³/mol. The van der Waals surface area contributed by atoms with E-state index in [1.165, 1.54) is 0 Å². The maximum atomic E-state index is 12.2. The Labute approximate surface area is 217 Å². The molecular weight excluding hydrogens is 550 g/mol. The fourth-order valence-corrected chi connectivity index (χ4v) is 4.85. The zero-order valence-electron chi connectivity index (χ0n) is 19.0. The van der Waals surface area contributed by atoms with E-state index in [1.807, 2.05) is 49.4 Å². The quantitative estimate of drug-likeness (QED) is 0.479. The molecule has 0 radical (unpaired) electrons. The average Bonchev–Trinajstić information content (AvgIpc) is 2.82. The number of hydrogen-bond acceptors (Lipinski definition) is 5. The van der Waals surface area contributed by atoms with Gasteiger partial charge in [0.15, 0.2) is 0 Å². The summed E-state index contributed by atoms with van der Waals surface area (Å²) in [6.07, 6.45) is 2.80. The van der Waals surface area contributed by atoms with Gasteiger partial charge in [0, 0.05) is 37.2 Å². The summed E-state index contributed by atoms with van der Waals surface area (Å²) in [5.74, 6) is 0.834. The maximum Gasteiger partial charge on any atom is 0.251 e. The van der Waals surface area contributed by atoms with Crippen LogP contribution in [0.15, 0.2) is 42.5 Å². The number of nitrogens with zero attached hydrogens (tertiary/aromatic N) is 1. The number of carbonyl (C=O) groups is 1. The molecule has 2 aromatic rings. The number of piperidine rings is 1. The van der Waals surface area contributed by atoms with Crippen LogP contribution in [0.1, 0.15) is 46.0 Å². The minimum atomic E-state index is -0.147. The van der Waals surface area contributed by atoms with E-state index < -0.39 is 0 Å². The number of ether oxygens (including phenoxy) is 1. The van der Waals surface area contributed by atoms with Crippen molar-refractivity contribution in [1.29, 1.82) is 0 Å². The number of carbonyl (C=O) groups excluding carboxylic acids is 1. The Bertz CT molecular complexity index is 905. The molecule has 182 valence electrons. The third-order valence-electron chi connectivity index (χ3n) is 6.73. The van der Waals surface area contributed by atoms with Crippen LogP contribution in [-0.2, 0) is 11.2 Å². The third kappa shape index (κ3) is 6.57. The highest BCUT2D eigenvalue weighted by Crippen LogP contribution is 2.40. The van der Waals surface area contributed by atoms with Crippen LogP contribution in [0.4, 0.5) is 0 Å². The van der Waals surface area contributed by atoms with Crippen molar-refractivity contribution in [3.05, 3.63) is 64.7 Å². The summed E-state index contributed by atoms with van der Waals surface area (Å²) in [6, 6.07) is 13.3. The molecule has 1 amide bonds. The van der Waals surface area contributed by atoms with Crippen LogP contribution in [0.3, 0.4) is 0 Å². The van der Waals surface area contributed by atoms with E-state index in [0.29, 0.717) is 30.3 Å². The van der Waals surface area contributed by atoms with Crippen molar-refractivity contribution in [2.75, 3.05) is 32.7 Å². The Kier molecular flexibility index (Phi) is 10.8. The standard InChI is InChI=1S/C25H33N3O3.2BrH/c1-17-7-8-20-21(24(17)29)15-22(31-23(20)16-26)18-9-12-28(13-10-18)14-11-27-25(30)19-5-3-2-4-6-19;;/h2-8,18,22-23,29H,9-16,26H2,1H3,(H,27,30);2*1H/t22-,23-;;/m0../s1. The molecule has 33 heavy (non-hydrogen) atoms. The molecule has 1 fully saturated rings. The molecule has 0 unspecified atom stereocenters. The number of nitrogens with one attached hydrogen (secondary N) is 1. The molecule has 2 heterocycles. The number of likely N-dealkylation sites (tertiary alicyclic amines) is 1. The number of halogens is 2. The number of benzene rings is 2. The van der Waals surface area contributed by atoms with Gasteiger partial charge in [0.25, 0.3) is 5.91 Å². The zero-order chi connectivity index (χ0) is 21.8. The Balaban J connectivity index is 0.00000193. The van der Waals surface area contributed by atoms with Gasteiger partial charge in [-0.1, -0.05) is 30.3 Å². The summed E-state index contributed by atoms with van der Waals surface area (Å²) in [5.41, 5.74) is 9.64. The van der Waals surface area contributed by atoms with E-state index in [4.69, 9.17) is 10.5 Å². The van der Waals surface area contributed by atoms with Gasteiger partial charge >= 0.3 is 0 Å². The number of fused-ring (bicyclic) bond motifs is 1. The van der Waals surface area contributed by atoms with Crippen LogP contribution in [-0.4, -0.2) is 54.7 Å². The fourth-order valence-electron chi connectivity index (χ4n) is 4.85. The van der Waals surface area contributed by atoms with Crippen LogP contribution < -0.4 is 11.1 Å². The second-order valence-corrected chi connectivity index (χ2v) is 8.70. The number of rotatable bonds is 6. The average molecular weight is 585 g/mol. The summed E-state index contributed by atoms with van der Waals surface area (Å²) < 4.78 is 6.38. The predicted octanol–water partition coefficient (Wildman–Crippen LogP) is 3.94. The molecular formula is C25H35Br2N3O3. The molecule has 0 bridgehead atoms. The first kappa shape index (κ1) is 27.8. The number of nitrogens with two attached hydrogens (primary N) is 1. The second kappa shape index (κ2) is 12.9. The Morgan fingerprint density at radius 1 is 1.15 bits per heavy atom. The molecule has 2 aromatic carbocycles. The fraction of sp³-hybridized carbons (Fsp3) is 0.480. The highest BCUT2D eigenvalue weighted by molar-refractivity contribution is 8.93. The Morgan fingerprint density at radius 2 is 1.85 bits per heavy atom. The van der Waals surface area contributed by atoms with E-state index >= 15 is 0 Å². The number of phenols is 1. The minimum Gasteiger partial charge on any atom is -0.507 e. The van der Waals surface area contributed by atoms with E-state index in [-0.39, 0.29) is 52.1 Å². The molecule has 2 aliphatic rings. The van der Waals surface area contributed by atoms with Gasteiger partial charge in [-0.2, -0.15) is 0 Å². The topological polar surface area (TPSA) is 87.8 Å². The number of aryl methyl sites for hydroxylation is 1. The molecule has 4 rings (SSSR count). The van der Waals surface area contributed by atoms with Crippen LogP contribution in [0.2, 0.25) is 0 Å². The van der Waals surface area contributed by atoms with Gasteiger partial charge < -0.3 is 25.8 Å².